The molecule has 0 aliphatic heterocycles. The fourth-order valence-electron chi connectivity index (χ4n) is 0.632. The smallest absolute Gasteiger partial charge is 0.316 e. The predicted molar refractivity (Wildman–Crippen MR) is 39.3 cm³/mol. The zero-order chi connectivity index (χ0) is 8.10. The van der Waals surface area contributed by atoms with Gasteiger partial charge in [0, 0.05) is 11.9 Å². The molecular weight excluding hydrogens is 144 g/mol. The Labute approximate surface area is 64.9 Å². The minimum atomic E-state index is -0.0166. The normalized spacial score (nSPS) is 9.64. The van der Waals surface area contributed by atoms with Crippen LogP contribution in [0.4, 0.5) is 0 Å². The molecule has 1 aromatic rings. The minimum absolute atomic E-state index is 0.0166. The molecule has 0 unspecified atom stereocenters. The Hall–Kier alpha value is -1.16. The van der Waals surface area contributed by atoms with E-state index in [2.05, 4.69) is 9.97 Å². The van der Waals surface area contributed by atoms with Crippen molar-refractivity contribution in [3.8, 4) is 6.01 Å². The van der Waals surface area contributed by atoms with E-state index in [1.807, 2.05) is 6.92 Å². The monoisotopic (exact) mass is 154 g/mol. The highest BCUT2D eigenvalue weighted by Gasteiger charge is 1.94. The van der Waals surface area contributed by atoms with Crippen LogP contribution < -0.4 is 4.74 Å². The van der Waals surface area contributed by atoms with Crippen molar-refractivity contribution in [2.45, 2.75) is 6.92 Å². The molecule has 0 bridgehead atoms. The van der Waals surface area contributed by atoms with Crippen LogP contribution in [0.3, 0.4) is 0 Å². The van der Waals surface area contributed by atoms with Gasteiger partial charge in [0.25, 0.3) is 0 Å². The first kappa shape index (κ1) is 7.94. The fraction of sp³-hybridized carbons (Fsp3) is 0.429. The van der Waals surface area contributed by atoms with E-state index < -0.39 is 0 Å². The van der Waals surface area contributed by atoms with E-state index in [0.29, 0.717) is 6.01 Å². The van der Waals surface area contributed by atoms with E-state index in [0.717, 1.165) is 5.69 Å². The summed E-state index contributed by atoms with van der Waals surface area (Å²) >= 11 is 0. The maximum atomic E-state index is 8.42. The molecule has 0 aliphatic rings. The number of ether oxygens (including phenoxy) is 1. The molecular formula is C7H10N2O2. The lowest BCUT2D eigenvalue weighted by molar-refractivity contribution is 0.191. The second kappa shape index (κ2) is 3.88. The Balaban J connectivity index is 2.56. The number of aliphatic hydroxyl groups excluding tert-OH is 1. The lowest BCUT2D eigenvalue weighted by Crippen LogP contribution is -2.04. The highest BCUT2D eigenvalue weighted by atomic mass is 16.5. The number of aliphatic hydroxyl groups is 1. The van der Waals surface area contributed by atoms with Crippen LogP contribution in [-0.4, -0.2) is 28.3 Å². The molecule has 0 atom stereocenters. The molecule has 0 radical (unpaired) electrons. The maximum absolute atomic E-state index is 8.42. The summed E-state index contributed by atoms with van der Waals surface area (Å²) in [6.45, 7) is 2.08. The predicted octanol–water partition coefficient (Wildman–Crippen LogP) is 0.156. The van der Waals surface area contributed by atoms with Crippen molar-refractivity contribution in [3.63, 3.8) is 0 Å². The molecule has 11 heavy (non-hydrogen) atoms. The van der Waals surface area contributed by atoms with Crippen LogP contribution in [0.5, 0.6) is 6.01 Å². The Bertz CT molecular complexity index is 227. The summed E-state index contributed by atoms with van der Waals surface area (Å²) in [6, 6.07) is 2.10. The highest BCUT2D eigenvalue weighted by Crippen LogP contribution is 2.00. The molecule has 60 valence electrons. The lowest BCUT2D eigenvalue weighted by Gasteiger charge is -2.00. The van der Waals surface area contributed by atoms with Crippen molar-refractivity contribution >= 4 is 0 Å². The van der Waals surface area contributed by atoms with E-state index in [1.165, 1.54) is 0 Å². The van der Waals surface area contributed by atoms with Crippen LogP contribution in [0.1, 0.15) is 5.69 Å². The summed E-state index contributed by atoms with van der Waals surface area (Å²) in [5.41, 5.74) is 0.855. The van der Waals surface area contributed by atoms with E-state index in [1.54, 1.807) is 12.3 Å². The fourth-order valence-corrected chi connectivity index (χ4v) is 0.632. The first-order chi connectivity index (χ1) is 5.33. The third-order valence-corrected chi connectivity index (χ3v) is 1.10. The third kappa shape index (κ3) is 2.51. The molecule has 4 heteroatoms. The van der Waals surface area contributed by atoms with Gasteiger partial charge in [-0.1, -0.05) is 0 Å². The van der Waals surface area contributed by atoms with E-state index >= 15 is 0 Å². The molecule has 4 nitrogen and oxygen atoms in total. The van der Waals surface area contributed by atoms with Crippen molar-refractivity contribution in [2.75, 3.05) is 13.2 Å². The van der Waals surface area contributed by atoms with E-state index in [9.17, 15) is 0 Å². The van der Waals surface area contributed by atoms with Crippen molar-refractivity contribution in [1.82, 2.24) is 9.97 Å². The molecule has 1 N–H and O–H groups in total. The molecule has 0 aromatic carbocycles. The standard InChI is InChI=1S/C7H10N2O2/c1-6-2-3-8-7(9-6)11-5-4-10/h2-3,10H,4-5H2,1H3. The van der Waals surface area contributed by atoms with E-state index in [-0.39, 0.29) is 13.2 Å². The highest BCUT2D eigenvalue weighted by molar-refractivity contribution is 5.02. The van der Waals surface area contributed by atoms with Crippen molar-refractivity contribution in [1.29, 1.82) is 0 Å². The molecule has 0 fully saturated rings. The van der Waals surface area contributed by atoms with Crippen LogP contribution in [-0.2, 0) is 0 Å². The Kier molecular flexibility index (Phi) is 2.80. The van der Waals surface area contributed by atoms with Crippen LogP contribution in [0.2, 0.25) is 0 Å². The summed E-state index contributed by atoms with van der Waals surface area (Å²) in [7, 11) is 0. The number of aryl methyl sites for hydroxylation is 1. The van der Waals surface area contributed by atoms with Gasteiger partial charge in [-0.15, -0.1) is 0 Å². The number of nitrogens with zero attached hydrogens (tertiary/aromatic N) is 2. The average molecular weight is 154 g/mol. The molecule has 0 saturated heterocycles. The molecule has 1 rings (SSSR count). The second-order valence-electron chi connectivity index (χ2n) is 2.05. The Morgan fingerprint density at radius 2 is 2.45 bits per heavy atom. The van der Waals surface area contributed by atoms with Gasteiger partial charge in [0.05, 0.1) is 6.61 Å². The van der Waals surface area contributed by atoms with Gasteiger partial charge in [-0.25, -0.2) is 9.97 Å². The first-order valence-electron chi connectivity index (χ1n) is 3.36. The summed E-state index contributed by atoms with van der Waals surface area (Å²) in [5.74, 6) is 0. The zero-order valence-electron chi connectivity index (χ0n) is 6.32. The molecule has 0 aliphatic carbocycles. The number of rotatable bonds is 3. The Morgan fingerprint density at radius 1 is 1.64 bits per heavy atom. The van der Waals surface area contributed by atoms with Gasteiger partial charge in [0.15, 0.2) is 0 Å². The molecule has 0 spiro atoms. The number of aromatic nitrogens is 2. The van der Waals surface area contributed by atoms with Gasteiger partial charge in [-0.3, -0.25) is 0 Å². The van der Waals surface area contributed by atoms with Crippen LogP contribution in [0.15, 0.2) is 12.3 Å². The molecule has 1 aromatic heterocycles. The molecule has 1 heterocycles. The third-order valence-electron chi connectivity index (χ3n) is 1.10. The van der Waals surface area contributed by atoms with Gasteiger partial charge in [-0.2, -0.15) is 0 Å². The van der Waals surface area contributed by atoms with Crippen LogP contribution >= 0.6 is 0 Å². The quantitative estimate of drug-likeness (QED) is 0.673. The largest absolute Gasteiger partial charge is 0.461 e. The van der Waals surface area contributed by atoms with Crippen molar-refractivity contribution < 1.29 is 9.84 Å². The van der Waals surface area contributed by atoms with Crippen LogP contribution in [0, 0.1) is 6.92 Å². The van der Waals surface area contributed by atoms with Gasteiger partial charge in [0.2, 0.25) is 0 Å². The molecule has 0 saturated carbocycles. The summed E-state index contributed by atoms with van der Waals surface area (Å²) in [6.07, 6.45) is 1.62. The summed E-state index contributed by atoms with van der Waals surface area (Å²) in [4.78, 5) is 7.80. The molecule has 0 amide bonds. The van der Waals surface area contributed by atoms with Gasteiger partial charge < -0.3 is 9.84 Å². The SMILES string of the molecule is Cc1ccnc(OCCO)n1. The average Bonchev–Trinajstić information content (AvgIpc) is 2.01. The van der Waals surface area contributed by atoms with E-state index in [4.69, 9.17) is 9.84 Å². The van der Waals surface area contributed by atoms with Crippen LogP contribution in [0.25, 0.3) is 0 Å². The second-order valence-corrected chi connectivity index (χ2v) is 2.05. The summed E-state index contributed by atoms with van der Waals surface area (Å²) < 4.78 is 4.96. The zero-order valence-corrected chi connectivity index (χ0v) is 6.32. The topological polar surface area (TPSA) is 55.2 Å². The Morgan fingerprint density at radius 3 is 3.09 bits per heavy atom. The first-order valence-corrected chi connectivity index (χ1v) is 3.36. The van der Waals surface area contributed by atoms with Gasteiger partial charge >= 0.3 is 6.01 Å². The van der Waals surface area contributed by atoms with Gasteiger partial charge in [-0.05, 0) is 13.0 Å². The number of hydrogen-bond donors (Lipinski definition) is 1. The van der Waals surface area contributed by atoms with Crippen molar-refractivity contribution in [3.05, 3.63) is 18.0 Å². The van der Waals surface area contributed by atoms with Gasteiger partial charge in [0.1, 0.15) is 6.61 Å². The lowest BCUT2D eigenvalue weighted by atomic mass is 10.5. The number of hydrogen-bond acceptors (Lipinski definition) is 4. The summed E-state index contributed by atoms with van der Waals surface area (Å²) in [5, 5.41) is 8.42. The maximum Gasteiger partial charge on any atom is 0.316 e. The minimum Gasteiger partial charge on any atom is -0.461 e. The van der Waals surface area contributed by atoms with Crippen molar-refractivity contribution in [2.24, 2.45) is 0 Å².